The second-order valence-electron chi connectivity index (χ2n) is 33.7. The fraction of sp³-hybridized carbons (Fsp3) is 0.0336. The van der Waals surface area contributed by atoms with Gasteiger partial charge in [0, 0.05) is 175 Å². The third kappa shape index (κ3) is 26.3. The Morgan fingerprint density at radius 1 is 0.367 bits per heavy atom. The Hall–Kier alpha value is -4.53. The smallest absolute Gasteiger partial charge is 1.00 e. The third-order valence-electron chi connectivity index (χ3n) is 24.8. The van der Waals surface area contributed by atoms with E-state index in [0.717, 1.165) is 92.7 Å². The van der Waals surface area contributed by atoms with Gasteiger partial charge in [-0.25, -0.2) is 8.78 Å². The summed E-state index contributed by atoms with van der Waals surface area (Å²) in [6.45, 7) is 1.82. The van der Waals surface area contributed by atoms with Crippen molar-refractivity contribution < 1.29 is 185 Å². The van der Waals surface area contributed by atoms with Gasteiger partial charge in [0.15, 0.2) is 16.1 Å². The molecule has 1 saturated heterocycles. The molecular formula is C119H82Br5Cl5F2K3N3O4S7Si2. The van der Waals surface area contributed by atoms with Crippen molar-refractivity contribution in [3.05, 3.63) is 478 Å². The molecule has 1 unspecified atom stereocenters. The molecule has 7 heterocycles. The van der Waals surface area contributed by atoms with E-state index >= 15 is 0 Å². The summed E-state index contributed by atoms with van der Waals surface area (Å²) in [5.74, 6) is -1.15. The van der Waals surface area contributed by atoms with Gasteiger partial charge in [-0.1, -0.05) is 347 Å². The fourth-order valence-corrected chi connectivity index (χ4v) is 42.8. The number of carbonyl (C=O) groups is 1. The number of H-pyrrole nitrogens is 1. The van der Waals surface area contributed by atoms with Crippen LogP contribution in [0.5, 0.6) is 0 Å². The molecular weight excluding hydrogens is 2550 g/mol. The van der Waals surface area contributed by atoms with Crippen molar-refractivity contribution in [2.24, 2.45) is 0 Å². The number of carbonyl (C=O) groups excluding carboxylic acids is 1. The van der Waals surface area contributed by atoms with Crippen molar-refractivity contribution >= 4 is 346 Å². The van der Waals surface area contributed by atoms with Gasteiger partial charge in [-0.05, 0) is 334 Å². The summed E-state index contributed by atoms with van der Waals surface area (Å²) < 4.78 is 35.9. The predicted molar refractivity (Wildman–Crippen MR) is 642 cm³/mol. The molecule has 0 spiro atoms. The largest absolute Gasteiger partial charge is 1.00 e. The zero-order valence-electron chi connectivity index (χ0n) is 82.2. The van der Waals surface area contributed by atoms with E-state index in [4.69, 9.17) is 72.8 Å². The van der Waals surface area contributed by atoms with Crippen LogP contribution in [-0.4, -0.2) is 45.4 Å². The molecule has 0 bridgehead atoms. The first kappa shape index (κ1) is 118. The molecule has 0 radical (unpaired) electrons. The van der Waals surface area contributed by atoms with Crippen LogP contribution in [0.1, 0.15) is 15.7 Å². The summed E-state index contributed by atoms with van der Waals surface area (Å²) in [7, 11) is -5.21. The monoisotopic (exact) mass is 2620 g/mol. The van der Waals surface area contributed by atoms with Crippen LogP contribution >= 0.6 is 221 Å². The molecule has 26 rings (SSSR count). The van der Waals surface area contributed by atoms with Gasteiger partial charge in [0.2, 0.25) is 0 Å². The van der Waals surface area contributed by atoms with E-state index in [2.05, 4.69) is 439 Å². The molecule has 1 fully saturated rings. The predicted octanol–water partition coefficient (Wildman–Crippen LogP) is 25.4. The number of anilines is 3. The molecule has 0 aliphatic carbocycles. The molecule has 31 heteroatoms. The van der Waals surface area contributed by atoms with Gasteiger partial charge in [-0.2, -0.15) is 0 Å². The molecule has 21 aromatic rings. The van der Waals surface area contributed by atoms with E-state index in [0.29, 0.717) is 5.02 Å². The number of aromatic amines is 1. The second kappa shape index (κ2) is 55.5. The summed E-state index contributed by atoms with van der Waals surface area (Å²) in [4.78, 5) is 32.9. The van der Waals surface area contributed by atoms with E-state index in [9.17, 15) is 8.78 Å². The Balaban J connectivity index is 0.000000155. The minimum atomic E-state index is -2.75. The molecule has 2 aromatic heterocycles. The first-order valence-corrected chi connectivity index (χ1v) is 61.3. The van der Waals surface area contributed by atoms with Gasteiger partial charge >= 0.3 is 154 Å². The van der Waals surface area contributed by atoms with E-state index in [1.807, 2.05) is 114 Å². The quantitative estimate of drug-likeness (QED) is 0.0324. The minimum absolute atomic E-state index is 0. The number of rotatable bonds is 11. The SMILES string of the molecule is C1CCOC1.Clc1ccc(Br)c(Sc2cccc(Sc3cc(Cl)ccc3Br)c2Br)c1.Clc1ccc2c(c1)Sc1cccc3c1[Si]2(c1ccccc1)c1ccc(Cl)cc1S3.Fc1cccc(F)c1Br.O=CO[O-].Sc1cc(Cl)ccc1Br.[H-].[H-].[K+].[K+].[K+].c1ccc(N(c2ccccc2)c2ccc3c(c2)Sc2cccc4c2[Si]3(c2ccccc2)c2ccc(-n3c5ccccc5c5ccccc53)cc2S4)cc1.c1ccc2c(c1)[nH]c1ccccc12. The molecule has 1 N–H and O–H groups in total. The first-order chi connectivity index (χ1) is 71.7. The van der Waals surface area contributed by atoms with Crippen LogP contribution in [-0.2, 0) is 14.4 Å². The van der Waals surface area contributed by atoms with E-state index in [1.165, 1.54) is 161 Å². The maximum Gasteiger partial charge on any atom is 1.00 e. The standard InChI is InChI=1S/C48H32N2S2Si.C24H14Cl2S2Si.C18H9Br3Cl2S2.C12H9N.C6H4BrClS.C6H3BrF2.C4H8O.CH2O3.3K.2H/c1-4-15-33(16-5-1)49(34-17-6-2-7-18-34)35-27-29-46-44(31-35)51-42-25-14-26-43-48(42)53(46,37-19-8-3-9-20-37)47-30-28-36(32-45(47)52-43)50-40-23-12-10-21-38(40)39-22-11-13-24-41(39)50;25-15-9-11-22-20(13-15)27-18-7-4-8-19-24(18)29(22,17-5-2-1-3-6-17)23-12-10-16(26)14-21(23)28-19;19-12-6-4-10(22)8-16(12)24-14-2-1-3-15(18(14)21)25-17-9-11(23)5-7-13(17)20;1-3-7-11-9(5-1)10-6-2-4-8-12(10)13-11;7-5-2-1-4(8)3-6(5)9;7-6-4(8)2-1-3-5(6)9;1-2-4-5-3-1;2-1-4-3;;;;;/h1-32H;1-14H;1-9H;1-8,13H;1-3,9H;1-3H;1-4H2;1,3H;;;;;/q;;;;;;;;3*+1;2*-1/p-1. The second-order valence-corrected chi connectivity index (χ2v) is 54.3. The van der Waals surface area contributed by atoms with Crippen molar-refractivity contribution in [1.82, 2.24) is 9.55 Å². The number of thiol groups is 1. The van der Waals surface area contributed by atoms with Crippen molar-refractivity contribution in [1.29, 1.82) is 0 Å². The van der Waals surface area contributed by atoms with E-state index in [-0.39, 0.29) is 168 Å². The van der Waals surface area contributed by atoms with Crippen LogP contribution in [0.4, 0.5) is 25.8 Å². The third-order valence-corrected chi connectivity index (χ3v) is 49.5. The Kier molecular flexibility index (Phi) is 43.6. The number of nitrogens with one attached hydrogen (secondary N) is 1. The maximum atomic E-state index is 12.3. The molecule has 0 amide bonds. The molecule has 7 nitrogen and oxygen atoms in total. The topological polar surface area (TPSA) is 82.6 Å². The molecule has 5 aliphatic rings. The Labute approximate surface area is 1100 Å². The van der Waals surface area contributed by atoms with Crippen molar-refractivity contribution in [3.63, 3.8) is 0 Å². The summed E-state index contributed by atoms with van der Waals surface area (Å²) >= 11 is 62.7. The first-order valence-electron chi connectivity index (χ1n) is 46.1. The van der Waals surface area contributed by atoms with Crippen LogP contribution in [0, 0.1) is 11.6 Å². The average molecular weight is 2630 g/mol. The number of benzene rings is 19. The molecule has 1 atom stereocenters. The number of nitrogens with zero attached hydrogens (tertiary/aromatic N) is 2. The summed E-state index contributed by atoms with van der Waals surface area (Å²) in [5, 5.41) is 29.0. The minimum Gasteiger partial charge on any atom is -1.00 e. The number of hydrogen-bond donors (Lipinski definition) is 2. The Morgan fingerprint density at radius 2 is 0.713 bits per heavy atom. The average Bonchev–Trinajstić information content (AvgIpc) is 0.761. The van der Waals surface area contributed by atoms with Crippen molar-refractivity contribution in [3.8, 4) is 5.69 Å². The summed E-state index contributed by atoms with van der Waals surface area (Å²) in [6.07, 6.45) is 2.56. The van der Waals surface area contributed by atoms with Gasteiger partial charge in [0.1, 0.15) is 11.6 Å². The van der Waals surface area contributed by atoms with Gasteiger partial charge in [0.25, 0.3) is 6.47 Å². The van der Waals surface area contributed by atoms with Crippen molar-refractivity contribution in [2.75, 3.05) is 18.1 Å². The van der Waals surface area contributed by atoms with Crippen LogP contribution in [0.25, 0.3) is 49.3 Å². The molecule has 5 aliphatic heterocycles. The van der Waals surface area contributed by atoms with Gasteiger partial charge in [-0.15, -0.1) is 12.6 Å². The summed E-state index contributed by atoms with van der Waals surface area (Å²) in [5.41, 5.74) is 9.56. The number of halogens is 12. The van der Waals surface area contributed by atoms with Gasteiger partial charge in [-0.3, -0.25) is 4.79 Å². The molecule has 150 heavy (non-hydrogen) atoms. The normalized spacial score (nSPS) is 13.3. The van der Waals surface area contributed by atoms with Crippen LogP contribution in [0.15, 0.2) is 505 Å². The fourth-order valence-electron chi connectivity index (χ4n) is 18.6. The molecule has 734 valence electrons. The molecule has 19 aromatic carbocycles. The van der Waals surface area contributed by atoms with Crippen molar-refractivity contribution in [2.45, 2.75) is 76.5 Å². The number of fused-ring (bicyclic) bond motifs is 14. The van der Waals surface area contributed by atoms with Crippen LogP contribution < -0.4 is 206 Å². The number of hydrogen-bond acceptors (Lipinski definition) is 12. The maximum absolute atomic E-state index is 12.3. The number of ether oxygens (including phenoxy) is 1. The van der Waals surface area contributed by atoms with Gasteiger partial charge < -0.3 is 32.2 Å². The van der Waals surface area contributed by atoms with Crippen LogP contribution in [0.2, 0.25) is 25.1 Å². The van der Waals surface area contributed by atoms with Crippen LogP contribution in [0.3, 0.4) is 0 Å². The Morgan fingerprint density at radius 3 is 1.12 bits per heavy atom. The number of aromatic nitrogens is 2. The zero-order chi connectivity index (χ0) is 102. The number of para-hydroxylation sites is 6. The summed E-state index contributed by atoms with van der Waals surface area (Å²) in [6, 6.07) is 146. The Bertz CT molecular complexity index is 8160. The van der Waals surface area contributed by atoms with E-state index in [1.54, 1.807) is 29.6 Å². The molecule has 0 saturated carbocycles. The van der Waals surface area contributed by atoms with Gasteiger partial charge in [0.05, 0.1) is 15.5 Å². The van der Waals surface area contributed by atoms with E-state index < -0.39 is 27.8 Å². The zero-order valence-corrected chi connectivity index (χ0v) is 109.